The first kappa shape index (κ1) is 18.4. The molecule has 1 heterocycles. The van der Waals surface area contributed by atoms with Crippen LogP contribution in [0.3, 0.4) is 0 Å². The molecule has 0 unspecified atom stereocenters. The molecule has 1 aromatic rings. The van der Waals surface area contributed by atoms with E-state index in [0.29, 0.717) is 0 Å². The summed E-state index contributed by atoms with van der Waals surface area (Å²) in [6.07, 6.45) is 5.89. The molecular formula is C21H33N3O. The molecule has 4 heteroatoms. The van der Waals surface area contributed by atoms with Crippen molar-refractivity contribution in [1.82, 2.24) is 15.1 Å². The van der Waals surface area contributed by atoms with E-state index in [1.807, 2.05) is 0 Å². The molecule has 1 saturated heterocycles. The zero-order valence-corrected chi connectivity index (χ0v) is 15.6. The highest BCUT2D eigenvalue weighted by atomic mass is 16.1. The number of benzene rings is 1. The summed E-state index contributed by atoms with van der Waals surface area (Å²) in [6.45, 7) is 8.57. The lowest BCUT2D eigenvalue weighted by Gasteiger charge is -2.36. The van der Waals surface area contributed by atoms with Gasteiger partial charge in [-0.15, -0.1) is 0 Å². The fourth-order valence-corrected chi connectivity index (χ4v) is 4.13. The first-order chi connectivity index (χ1) is 12.2. The molecule has 1 atom stereocenters. The van der Waals surface area contributed by atoms with Gasteiger partial charge in [0.15, 0.2) is 0 Å². The highest BCUT2D eigenvalue weighted by Crippen LogP contribution is 2.23. The fraction of sp³-hybridized carbons (Fsp3) is 0.667. The first-order valence-corrected chi connectivity index (χ1v) is 10.00. The smallest absolute Gasteiger partial charge is 0.223 e. The van der Waals surface area contributed by atoms with Crippen molar-refractivity contribution in [3.05, 3.63) is 35.9 Å². The quantitative estimate of drug-likeness (QED) is 0.863. The topological polar surface area (TPSA) is 35.6 Å². The standard InChI is InChI=1S/C21H33N3O/c1-18(22-21(25)20-10-6-3-7-11-20)16-23-12-14-24(15-13-23)17-19-8-4-2-5-9-19/h2,4-5,8-9,18,20H,3,6-7,10-17H2,1H3,(H,22,25)/t18-/m0/s1. The van der Waals surface area contributed by atoms with Crippen molar-refractivity contribution in [2.45, 2.75) is 51.6 Å². The maximum atomic E-state index is 12.4. The molecule has 1 amide bonds. The summed E-state index contributed by atoms with van der Waals surface area (Å²) in [5.41, 5.74) is 1.39. The molecule has 2 fully saturated rings. The maximum Gasteiger partial charge on any atom is 0.223 e. The van der Waals surface area contributed by atoms with Gasteiger partial charge in [-0.3, -0.25) is 14.6 Å². The van der Waals surface area contributed by atoms with E-state index in [9.17, 15) is 4.79 Å². The fourth-order valence-electron chi connectivity index (χ4n) is 4.13. The Morgan fingerprint density at radius 1 is 1.04 bits per heavy atom. The molecule has 1 aliphatic heterocycles. The van der Waals surface area contributed by atoms with E-state index in [2.05, 4.69) is 52.4 Å². The van der Waals surface area contributed by atoms with Crippen LogP contribution in [0.2, 0.25) is 0 Å². The first-order valence-electron chi connectivity index (χ1n) is 10.00. The minimum absolute atomic E-state index is 0.245. The van der Waals surface area contributed by atoms with Crippen LogP contribution in [-0.2, 0) is 11.3 Å². The van der Waals surface area contributed by atoms with Gasteiger partial charge in [0.2, 0.25) is 5.91 Å². The van der Waals surface area contributed by atoms with Gasteiger partial charge in [-0.1, -0.05) is 49.6 Å². The van der Waals surface area contributed by atoms with Gasteiger partial charge in [-0.2, -0.15) is 0 Å². The van der Waals surface area contributed by atoms with E-state index in [4.69, 9.17) is 0 Å². The molecule has 2 aliphatic rings. The van der Waals surface area contributed by atoms with E-state index >= 15 is 0 Å². The van der Waals surface area contributed by atoms with Crippen molar-refractivity contribution in [3.63, 3.8) is 0 Å². The molecule has 0 radical (unpaired) electrons. The molecule has 3 rings (SSSR count). The molecule has 4 nitrogen and oxygen atoms in total. The Morgan fingerprint density at radius 3 is 2.36 bits per heavy atom. The van der Waals surface area contributed by atoms with Crippen LogP contribution in [0.4, 0.5) is 0 Å². The van der Waals surface area contributed by atoms with Gasteiger partial charge < -0.3 is 5.32 Å². The minimum atomic E-state index is 0.245. The minimum Gasteiger partial charge on any atom is -0.352 e. The van der Waals surface area contributed by atoms with Crippen LogP contribution < -0.4 is 5.32 Å². The van der Waals surface area contributed by atoms with Gasteiger partial charge in [-0.05, 0) is 25.3 Å². The Labute approximate surface area is 152 Å². The van der Waals surface area contributed by atoms with Crippen LogP contribution in [0, 0.1) is 5.92 Å². The van der Waals surface area contributed by atoms with Crippen molar-refractivity contribution in [1.29, 1.82) is 0 Å². The molecule has 138 valence electrons. The number of rotatable bonds is 6. The summed E-state index contributed by atoms with van der Waals surface area (Å²) in [6, 6.07) is 11.0. The Kier molecular flexibility index (Phi) is 6.88. The Hall–Kier alpha value is -1.39. The summed E-state index contributed by atoms with van der Waals surface area (Å²) in [5.74, 6) is 0.550. The third-order valence-electron chi connectivity index (χ3n) is 5.61. The van der Waals surface area contributed by atoms with Crippen LogP contribution in [0.5, 0.6) is 0 Å². The molecule has 1 aliphatic carbocycles. The van der Waals surface area contributed by atoms with E-state index in [1.54, 1.807) is 0 Å². The zero-order valence-electron chi connectivity index (χ0n) is 15.6. The molecule has 0 bridgehead atoms. The van der Waals surface area contributed by atoms with Crippen LogP contribution in [0.1, 0.15) is 44.6 Å². The second kappa shape index (κ2) is 9.35. The van der Waals surface area contributed by atoms with Crippen molar-refractivity contribution in [2.24, 2.45) is 5.92 Å². The molecule has 0 spiro atoms. The highest BCUT2D eigenvalue weighted by Gasteiger charge is 2.24. The second-order valence-corrected chi connectivity index (χ2v) is 7.81. The molecule has 0 aromatic heterocycles. The SMILES string of the molecule is C[C@@H](CN1CCN(Cc2ccccc2)CC1)NC(=O)C1CCCCC1. The van der Waals surface area contributed by atoms with Gasteiger partial charge >= 0.3 is 0 Å². The Bertz CT molecular complexity index is 519. The van der Waals surface area contributed by atoms with Crippen LogP contribution >= 0.6 is 0 Å². The van der Waals surface area contributed by atoms with Gasteiger partial charge in [0.25, 0.3) is 0 Å². The second-order valence-electron chi connectivity index (χ2n) is 7.81. The summed E-state index contributed by atoms with van der Waals surface area (Å²) in [7, 11) is 0. The number of carbonyl (C=O) groups is 1. The monoisotopic (exact) mass is 343 g/mol. The highest BCUT2D eigenvalue weighted by molar-refractivity contribution is 5.78. The van der Waals surface area contributed by atoms with Crippen LogP contribution in [0.15, 0.2) is 30.3 Å². The predicted octanol–water partition coefficient (Wildman–Crippen LogP) is 2.89. The molecule has 1 saturated carbocycles. The maximum absolute atomic E-state index is 12.4. The lowest BCUT2D eigenvalue weighted by Crippen LogP contribution is -2.51. The lowest BCUT2D eigenvalue weighted by atomic mass is 9.88. The largest absolute Gasteiger partial charge is 0.352 e. The van der Waals surface area contributed by atoms with Crippen molar-refractivity contribution < 1.29 is 4.79 Å². The number of nitrogens with zero attached hydrogens (tertiary/aromatic N) is 2. The number of amides is 1. The average Bonchev–Trinajstić information content (AvgIpc) is 2.65. The van der Waals surface area contributed by atoms with Crippen molar-refractivity contribution >= 4 is 5.91 Å². The molecular weight excluding hydrogens is 310 g/mol. The number of piperazine rings is 1. The van der Waals surface area contributed by atoms with Crippen molar-refractivity contribution in [2.75, 3.05) is 32.7 Å². The Balaban J connectivity index is 1.36. The average molecular weight is 344 g/mol. The summed E-state index contributed by atoms with van der Waals surface area (Å²) < 4.78 is 0. The molecule has 1 aromatic carbocycles. The van der Waals surface area contributed by atoms with Crippen molar-refractivity contribution in [3.8, 4) is 0 Å². The van der Waals surface area contributed by atoms with E-state index in [0.717, 1.165) is 52.1 Å². The number of carbonyl (C=O) groups excluding carboxylic acids is 1. The van der Waals surface area contributed by atoms with Gasteiger partial charge in [0, 0.05) is 51.2 Å². The van der Waals surface area contributed by atoms with E-state index < -0.39 is 0 Å². The zero-order chi connectivity index (χ0) is 17.5. The van der Waals surface area contributed by atoms with Gasteiger partial charge in [0.1, 0.15) is 0 Å². The number of nitrogens with one attached hydrogen (secondary N) is 1. The molecule has 25 heavy (non-hydrogen) atoms. The predicted molar refractivity (Wildman–Crippen MR) is 102 cm³/mol. The molecule has 1 N–H and O–H groups in total. The van der Waals surface area contributed by atoms with E-state index in [1.165, 1.54) is 24.8 Å². The number of hydrogen-bond acceptors (Lipinski definition) is 3. The Morgan fingerprint density at radius 2 is 1.68 bits per heavy atom. The normalized spacial score (nSPS) is 21.8. The summed E-state index contributed by atoms with van der Waals surface area (Å²) >= 11 is 0. The van der Waals surface area contributed by atoms with Gasteiger partial charge in [-0.25, -0.2) is 0 Å². The van der Waals surface area contributed by atoms with Crippen LogP contribution in [0.25, 0.3) is 0 Å². The van der Waals surface area contributed by atoms with Crippen LogP contribution in [-0.4, -0.2) is 54.5 Å². The van der Waals surface area contributed by atoms with E-state index in [-0.39, 0.29) is 17.9 Å². The third kappa shape index (κ3) is 5.82. The summed E-state index contributed by atoms with van der Waals surface area (Å²) in [4.78, 5) is 17.4. The summed E-state index contributed by atoms with van der Waals surface area (Å²) in [5, 5.41) is 3.25. The third-order valence-corrected chi connectivity index (χ3v) is 5.61. The number of hydrogen-bond donors (Lipinski definition) is 1. The lowest BCUT2D eigenvalue weighted by molar-refractivity contribution is -0.126. The van der Waals surface area contributed by atoms with Gasteiger partial charge in [0.05, 0.1) is 0 Å².